The summed E-state index contributed by atoms with van der Waals surface area (Å²) in [6.07, 6.45) is 4.33. The molecular formula is C14H21NOS. The van der Waals surface area contributed by atoms with E-state index in [1.54, 1.807) is 11.8 Å². The van der Waals surface area contributed by atoms with Gasteiger partial charge in [-0.1, -0.05) is 25.0 Å². The van der Waals surface area contributed by atoms with Crippen LogP contribution in [0.5, 0.6) is 0 Å². The molecule has 2 rings (SSSR count). The van der Waals surface area contributed by atoms with Gasteiger partial charge in [-0.3, -0.25) is 0 Å². The summed E-state index contributed by atoms with van der Waals surface area (Å²) < 4.78 is 0. The van der Waals surface area contributed by atoms with E-state index in [0.717, 1.165) is 19.3 Å². The first-order valence-corrected chi connectivity index (χ1v) is 7.25. The molecule has 0 bridgehead atoms. The molecule has 0 spiro atoms. The largest absolute Gasteiger partial charge is 0.392 e. The summed E-state index contributed by atoms with van der Waals surface area (Å²) in [4.78, 5) is 1.23. The van der Waals surface area contributed by atoms with Crippen molar-refractivity contribution in [2.45, 2.75) is 54.9 Å². The van der Waals surface area contributed by atoms with Crippen LogP contribution in [0.4, 0.5) is 0 Å². The second-order valence-corrected chi connectivity index (χ2v) is 6.18. The van der Waals surface area contributed by atoms with Gasteiger partial charge in [0, 0.05) is 16.2 Å². The Balaban J connectivity index is 2.04. The van der Waals surface area contributed by atoms with E-state index in [0.29, 0.717) is 5.25 Å². The van der Waals surface area contributed by atoms with E-state index in [9.17, 15) is 5.11 Å². The minimum absolute atomic E-state index is 0.0758. The number of aliphatic hydroxyl groups excluding tert-OH is 1. The summed E-state index contributed by atoms with van der Waals surface area (Å²) in [6, 6.07) is 8.45. The fraction of sp³-hybridized carbons (Fsp3) is 0.571. The Morgan fingerprint density at radius 2 is 2.12 bits per heavy atom. The number of hydrogen-bond acceptors (Lipinski definition) is 3. The molecule has 1 aromatic carbocycles. The Hall–Kier alpha value is -0.510. The Kier molecular flexibility index (Phi) is 4.48. The van der Waals surface area contributed by atoms with Gasteiger partial charge in [0.25, 0.3) is 0 Å². The van der Waals surface area contributed by atoms with Crippen LogP contribution in [0.3, 0.4) is 0 Å². The van der Waals surface area contributed by atoms with Crippen molar-refractivity contribution in [3.05, 3.63) is 29.8 Å². The van der Waals surface area contributed by atoms with Crippen LogP contribution < -0.4 is 5.73 Å². The molecule has 94 valence electrons. The number of hydrogen-bond donors (Lipinski definition) is 2. The topological polar surface area (TPSA) is 46.2 Å². The second-order valence-electron chi connectivity index (χ2n) is 4.87. The van der Waals surface area contributed by atoms with Crippen LogP contribution in [0.2, 0.25) is 0 Å². The molecule has 1 aromatic rings. The predicted octanol–water partition coefficient (Wildman–Crippen LogP) is 3.10. The van der Waals surface area contributed by atoms with E-state index in [1.165, 1.54) is 16.9 Å². The first kappa shape index (κ1) is 12.9. The smallest absolute Gasteiger partial charge is 0.0662 e. The maximum Gasteiger partial charge on any atom is 0.0662 e. The van der Waals surface area contributed by atoms with E-state index in [1.807, 2.05) is 6.92 Å². The van der Waals surface area contributed by atoms with Crippen LogP contribution in [-0.2, 0) is 0 Å². The van der Waals surface area contributed by atoms with Crippen molar-refractivity contribution < 1.29 is 5.11 Å². The van der Waals surface area contributed by atoms with Crippen molar-refractivity contribution in [3.8, 4) is 0 Å². The summed E-state index contributed by atoms with van der Waals surface area (Å²) in [7, 11) is 0. The molecule has 1 saturated carbocycles. The molecule has 1 aliphatic rings. The zero-order chi connectivity index (χ0) is 12.3. The number of aliphatic hydroxyl groups is 1. The van der Waals surface area contributed by atoms with Crippen LogP contribution in [-0.4, -0.2) is 16.5 Å². The van der Waals surface area contributed by atoms with Gasteiger partial charge in [0.15, 0.2) is 0 Å². The third-order valence-electron chi connectivity index (χ3n) is 3.34. The van der Waals surface area contributed by atoms with Crippen LogP contribution in [0, 0.1) is 0 Å². The highest BCUT2D eigenvalue weighted by atomic mass is 32.2. The molecule has 1 fully saturated rings. The van der Waals surface area contributed by atoms with Gasteiger partial charge in [-0.25, -0.2) is 0 Å². The van der Waals surface area contributed by atoms with E-state index in [4.69, 9.17) is 5.73 Å². The highest BCUT2D eigenvalue weighted by Gasteiger charge is 2.23. The van der Waals surface area contributed by atoms with Crippen LogP contribution in [0.25, 0.3) is 0 Å². The van der Waals surface area contributed by atoms with Gasteiger partial charge in [0.05, 0.1) is 6.10 Å². The SMILES string of the molecule is CC(N)c1cccc(SC2CCCCC2O)c1. The predicted molar refractivity (Wildman–Crippen MR) is 73.2 cm³/mol. The van der Waals surface area contributed by atoms with E-state index >= 15 is 0 Å². The molecule has 0 aliphatic heterocycles. The minimum Gasteiger partial charge on any atom is -0.392 e. The molecule has 0 amide bonds. The van der Waals surface area contributed by atoms with E-state index < -0.39 is 0 Å². The van der Waals surface area contributed by atoms with Gasteiger partial charge >= 0.3 is 0 Å². The summed E-state index contributed by atoms with van der Waals surface area (Å²) >= 11 is 1.80. The Bertz CT molecular complexity index is 367. The monoisotopic (exact) mass is 251 g/mol. The number of thioether (sulfide) groups is 1. The quantitative estimate of drug-likeness (QED) is 0.867. The number of benzene rings is 1. The molecule has 3 heteroatoms. The van der Waals surface area contributed by atoms with E-state index in [-0.39, 0.29) is 12.1 Å². The molecule has 17 heavy (non-hydrogen) atoms. The van der Waals surface area contributed by atoms with Gasteiger partial charge in [-0.05, 0) is 37.5 Å². The van der Waals surface area contributed by atoms with Gasteiger partial charge < -0.3 is 10.8 Å². The maximum atomic E-state index is 9.96. The number of rotatable bonds is 3. The average molecular weight is 251 g/mol. The second kappa shape index (κ2) is 5.89. The fourth-order valence-corrected chi connectivity index (χ4v) is 3.55. The van der Waals surface area contributed by atoms with E-state index in [2.05, 4.69) is 24.3 Å². The van der Waals surface area contributed by atoms with Crippen molar-refractivity contribution in [3.63, 3.8) is 0 Å². The molecular weight excluding hydrogens is 230 g/mol. The maximum absolute atomic E-state index is 9.96. The molecule has 0 aromatic heterocycles. The zero-order valence-corrected chi connectivity index (χ0v) is 11.1. The van der Waals surface area contributed by atoms with Crippen molar-refractivity contribution >= 4 is 11.8 Å². The first-order valence-electron chi connectivity index (χ1n) is 6.37. The number of nitrogens with two attached hydrogens (primary N) is 1. The van der Waals surface area contributed by atoms with Crippen molar-refractivity contribution in [1.82, 2.24) is 0 Å². The molecule has 3 N–H and O–H groups in total. The Morgan fingerprint density at radius 1 is 1.35 bits per heavy atom. The van der Waals surface area contributed by atoms with Crippen molar-refractivity contribution in [2.24, 2.45) is 5.73 Å². The molecule has 3 atom stereocenters. The molecule has 3 unspecified atom stereocenters. The molecule has 0 radical (unpaired) electrons. The van der Waals surface area contributed by atoms with Crippen LogP contribution in [0.1, 0.15) is 44.2 Å². The van der Waals surface area contributed by atoms with Crippen LogP contribution >= 0.6 is 11.8 Å². The summed E-state index contributed by atoms with van der Waals surface area (Å²) in [5, 5.41) is 10.3. The van der Waals surface area contributed by atoms with Crippen LogP contribution in [0.15, 0.2) is 29.2 Å². The molecule has 2 nitrogen and oxygen atoms in total. The third-order valence-corrected chi connectivity index (χ3v) is 4.72. The van der Waals surface area contributed by atoms with Crippen molar-refractivity contribution in [1.29, 1.82) is 0 Å². The lowest BCUT2D eigenvalue weighted by Gasteiger charge is -2.27. The Morgan fingerprint density at radius 3 is 2.82 bits per heavy atom. The summed E-state index contributed by atoms with van der Waals surface area (Å²) in [5.41, 5.74) is 7.05. The lowest BCUT2D eigenvalue weighted by Crippen LogP contribution is -2.26. The normalized spacial score (nSPS) is 26.8. The van der Waals surface area contributed by atoms with Gasteiger partial charge in [0.1, 0.15) is 0 Å². The van der Waals surface area contributed by atoms with Gasteiger partial charge in [-0.15, -0.1) is 11.8 Å². The van der Waals surface area contributed by atoms with Gasteiger partial charge in [0.2, 0.25) is 0 Å². The molecule has 1 aliphatic carbocycles. The highest BCUT2D eigenvalue weighted by Crippen LogP contribution is 2.34. The average Bonchev–Trinajstić information content (AvgIpc) is 2.32. The third kappa shape index (κ3) is 3.47. The lowest BCUT2D eigenvalue weighted by atomic mass is 9.97. The fourth-order valence-electron chi connectivity index (χ4n) is 2.26. The molecule has 0 heterocycles. The zero-order valence-electron chi connectivity index (χ0n) is 10.3. The first-order chi connectivity index (χ1) is 8.16. The minimum atomic E-state index is -0.146. The summed E-state index contributed by atoms with van der Waals surface area (Å²) in [6.45, 7) is 2.00. The Labute approximate surface area is 108 Å². The highest BCUT2D eigenvalue weighted by molar-refractivity contribution is 8.00. The lowest BCUT2D eigenvalue weighted by molar-refractivity contribution is 0.137. The van der Waals surface area contributed by atoms with Crippen molar-refractivity contribution in [2.75, 3.05) is 0 Å². The molecule has 0 saturated heterocycles. The standard InChI is InChI=1S/C14H21NOS/c1-10(15)11-5-4-6-12(9-11)17-14-8-3-2-7-13(14)16/h4-6,9-10,13-14,16H,2-3,7-8,15H2,1H3. The summed E-state index contributed by atoms with van der Waals surface area (Å²) in [5.74, 6) is 0. The van der Waals surface area contributed by atoms with Gasteiger partial charge in [-0.2, -0.15) is 0 Å².